The van der Waals surface area contributed by atoms with Gasteiger partial charge in [-0.2, -0.15) is 0 Å². The number of carbonyl (C=O) groups excluding carboxylic acids is 1. The molecule has 0 spiro atoms. The van der Waals surface area contributed by atoms with Crippen molar-refractivity contribution < 1.29 is 13.2 Å². The van der Waals surface area contributed by atoms with Crippen LogP contribution in [0.3, 0.4) is 0 Å². The van der Waals surface area contributed by atoms with E-state index in [0.717, 1.165) is 22.4 Å². The highest BCUT2D eigenvalue weighted by molar-refractivity contribution is 7.92. The maximum absolute atomic E-state index is 12.2. The van der Waals surface area contributed by atoms with Crippen LogP contribution >= 0.6 is 0 Å². The highest BCUT2D eigenvalue weighted by Gasteiger charge is 2.19. The van der Waals surface area contributed by atoms with Crippen molar-refractivity contribution in [3.05, 3.63) is 59.2 Å². The van der Waals surface area contributed by atoms with Gasteiger partial charge in [0.2, 0.25) is 15.9 Å². The Bertz CT molecular complexity index is 871. The van der Waals surface area contributed by atoms with Gasteiger partial charge in [-0.05, 0) is 62.1 Å². The van der Waals surface area contributed by atoms with Crippen molar-refractivity contribution in [2.75, 3.05) is 22.4 Å². The van der Waals surface area contributed by atoms with Crippen LogP contribution in [0.5, 0.6) is 0 Å². The molecule has 0 heterocycles. The largest absolute Gasteiger partial charge is 0.326 e. The predicted molar refractivity (Wildman–Crippen MR) is 107 cm³/mol. The van der Waals surface area contributed by atoms with Crippen molar-refractivity contribution >= 4 is 27.3 Å². The minimum atomic E-state index is -3.41. The van der Waals surface area contributed by atoms with Crippen LogP contribution in [0.1, 0.15) is 29.5 Å². The molecule has 0 unspecified atom stereocenters. The Balaban J connectivity index is 1.99. The first-order valence-electron chi connectivity index (χ1n) is 8.58. The Morgan fingerprint density at radius 1 is 1.04 bits per heavy atom. The van der Waals surface area contributed by atoms with Crippen LogP contribution in [-0.2, 0) is 14.8 Å². The number of aryl methyl sites for hydroxylation is 3. The summed E-state index contributed by atoms with van der Waals surface area (Å²) < 4.78 is 25.7. The zero-order valence-corrected chi connectivity index (χ0v) is 16.6. The number of para-hydroxylation sites is 1. The number of nitrogens with one attached hydrogen (secondary N) is 1. The Morgan fingerprint density at radius 3 is 2.23 bits per heavy atom. The van der Waals surface area contributed by atoms with E-state index in [1.54, 1.807) is 6.07 Å². The molecule has 0 saturated carbocycles. The first-order valence-corrected chi connectivity index (χ1v) is 10.4. The summed E-state index contributed by atoms with van der Waals surface area (Å²) in [5.41, 5.74) is 4.49. The zero-order valence-electron chi connectivity index (χ0n) is 15.7. The van der Waals surface area contributed by atoms with Crippen molar-refractivity contribution in [3.63, 3.8) is 0 Å². The zero-order chi connectivity index (χ0) is 19.3. The second-order valence-corrected chi connectivity index (χ2v) is 8.56. The molecule has 0 aromatic heterocycles. The van der Waals surface area contributed by atoms with Crippen molar-refractivity contribution in [2.45, 2.75) is 33.6 Å². The lowest BCUT2D eigenvalue weighted by Gasteiger charge is -2.24. The van der Waals surface area contributed by atoms with Crippen LogP contribution in [-0.4, -0.2) is 27.1 Å². The lowest BCUT2D eigenvalue weighted by atomic mass is 10.1. The van der Waals surface area contributed by atoms with E-state index in [1.807, 2.05) is 57.2 Å². The van der Waals surface area contributed by atoms with Crippen LogP contribution in [0.15, 0.2) is 42.5 Å². The average Bonchev–Trinajstić information content (AvgIpc) is 2.50. The first kappa shape index (κ1) is 20.0. The molecule has 0 aliphatic rings. The second kappa shape index (κ2) is 8.36. The van der Waals surface area contributed by atoms with E-state index in [2.05, 4.69) is 5.32 Å². The summed E-state index contributed by atoms with van der Waals surface area (Å²) in [5, 5.41) is 2.88. The smallest absolute Gasteiger partial charge is 0.232 e. The van der Waals surface area contributed by atoms with Crippen LogP contribution in [0, 0.1) is 20.8 Å². The van der Waals surface area contributed by atoms with Crippen molar-refractivity contribution in [3.8, 4) is 0 Å². The van der Waals surface area contributed by atoms with Gasteiger partial charge in [0.15, 0.2) is 0 Å². The lowest BCUT2D eigenvalue weighted by molar-refractivity contribution is -0.116. The Kier molecular flexibility index (Phi) is 6.42. The molecule has 2 aromatic rings. The highest BCUT2D eigenvalue weighted by atomic mass is 32.2. The van der Waals surface area contributed by atoms with E-state index in [4.69, 9.17) is 0 Å². The number of anilines is 2. The van der Waals surface area contributed by atoms with Gasteiger partial charge in [0.25, 0.3) is 0 Å². The molecule has 0 fully saturated rings. The molecule has 0 bridgehead atoms. The normalized spacial score (nSPS) is 11.2. The summed E-state index contributed by atoms with van der Waals surface area (Å²) in [6.07, 6.45) is 1.89. The highest BCUT2D eigenvalue weighted by Crippen LogP contribution is 2.22. The lowest BCUT2D eigenvalue weighted by Crippen LogP contribution is -2.32. The standard InChI is InChI=1S/C20H26N2O3S/c1-15-12-16(2)14-18(13-15)21-20(23)10-7-11-22(26(4,24)25)19-9-6-5-8-17(19)3/h5-6,8-9,12-14H,7,10-11H2,1-4H3,(H,21,23). The average molecular weight is 375 g/mol. The number of benzene rings is 2. The van der Waals surface area contributed by atoms with Gasteiger partial charge in [-0.3, -0.25) is 9.10 Å². The Morgan fingerprint density at radius 2 is 1.65 bits per heavy atom. The molecule has 2 aromatic carbocycles. The molecule has 1 N–H and O–H groups in total. The van der Waals surface area contributed by atoms with Crippen LogP contribution < -0.4 is 9.62 Å². The number of hydrogen-bond acceptors (Lipinski definition) is 3. The number of hydrogen-bond donors (Lipinski definition) is 1. The summed E-state index contributed by atoms with van der Waals surface area (Å²) in [6, 6.07) is 13.2. The number of rotatable bonds is 7. The van der Waals surface area contributed by atoms with Gasteiger partial charge in [0, 0.05) is 18.7 Å². The molecule has 0 saturated heterocycles. The van der Waals surface area contributed by atoms with Crippen LogP contribution in [0.2, 0.25) is 0 Å². The summed E-state index contributed by atoms with van der Waals surface area (Å²) in [5.74, 6) is -0.117. The SMILES string of the molecule is Cc1cc(C)cc(NC(=O)CCCN(c2ccccc2C)S(C)(=O)=O)c1. The summed E-state index contributed by atoms with van der Waals surface area (Å²) in [4.78, 5) is 12.2. The molecule has 0 aliphatic heterocycles. The molecular weight excluding hydrogens is 348 g/mol. The summed E-state index contributed by atoms with van der Waals surface area (Å²) >= 11 is 0. The molecule has 0 atom stereocenters. The van der Waals surface area contributed by atoms with Gasteiger partial charge < -0.3 is 5.32 Å². The number of sulfonamides is 1. The van der Waals surface area contributed by atoms with E-state index >= 15 is 0 Å². The molecule has 0 radical (unpaired) electrons. The van der Waals surface area contributed by atoms with Gasteiger partial charge in [-0.25, -0.2) is 8.42 Å². The number of carbonyl (C=O) groups is 1. The maximum atomic E-state index is 12.2. The number of amides is 1. The molecular formula is C20H26N2O3S. The van der Waals surface area contributed by atoms with Gasteiger partial charge >= 0.3 is 0 Å². The van der Waals surface area contributed by atoms with E-state index < -0.39 is 10.0 Å². The molecule has 6 heteroatoms. The minimum absolute atomic E-state index is 0.117. The fraction of sp³-hybridized carbons (Fsp3) is 0.350. The van der Waals surface area contributed by atoms with Gasteiger partial charge in [0.05, 0.1) is 11.9 Å². The predicted octanol–water partition coefficient (Wildman–Crippen LogP) is 3.80. The van der Waals surface area contributed by atoms with E-state index in [1.165, 1.54) is 10.6 Å². The van der Waals surface area contributed by atoms with Crippen LogP contribution in [0.4, 0.5) is 11.4 Å². The third kappa shape index (κ3) is 5.59. The summed E-state index contributed by atoms with van der Waals surface area (Å²) in [7, 11) is -3.41. The second-order valence-electron chi connectivity index (χ2n) is 6.65. The monoisotopic (exact) mass is 374 g/mol. The molecule has 2 rings (SSSR count). The maximum Gasteiger partial charge on any atom is 0.232 e. The van der Waals surface area contributed by atoms with Crippen molar-refractivity contribution in [2.24, 2.45) is 0 Å². The fourth-order valence-corrected chi connectivity index (χ4v) is 3.98. The molecule has 5 nitrogen and oxygen atoms in total. The third-order valence-electron chi connectivity index (χ3n) is 4.05. The third-order valence-corrected chi connectivity index (χ3v) is 5.23. The van der Waals surface area contributed by atoms with Crippen molar-refractivity contribution in [1.29, 1.82) is 0 Å². The van der Waals surface area contributed by atoms with E-state index in [0.29, 0.717) is 12.1 Å². The molecule has 1 amide bonds. The molecule has 140 valence electrons. The first-order chi connectivity index (χ1) is 12.2. The van der Waals surface area contributed by atoms with Gasteiger partial charge in [0.1, 0.15) is 0 Å². The van der Waals surface area contributed by atoms with E-state index in [-0.39, 0.29) is 18.9 Å². The summed E-state index contributed by atoms with van der Waals surface area (Å²) in [6.45, 7) is 6.11. The van der Waals surface area contributed by atoms with Gasteiger partial charge in [-0.15, -0.1) is 0 Å². The van der Waals surface area contributed by atoms with Gasteiger partial charge in [-0.1, -0.05) is 24.3 Å². The minimum Gasteiger partial charge on any atom is -0.326 e. The quantitative estimate of drug-likeness (QED) is 0.802. The number of nitrogens with zero attached hydrogens (tertiary/aromatic N) is 1. The van der Waals surface area contributed by atoms with Crippen molar-refractivity contribution in [1.82, 2.24) is 0 Å². The van der Waals surface area contributed by atoms with E-state index in [9.17, 15) is 13.2 Å². The molecule has 26 heavy (non-hydrogen) atoms. The Labute approximate surface area is 156 Å². The Hall–Kier alpha value is -2.34. The molecule has 0 aliphatic carbocycles. The van der Waals surface area contributed by atoms with Crippen LogP contribution in [0.25, 0.3) is 0 Å². The fourth-order valence-electron chi connectivity index (χ4n) is 2.96. The topological polar surface area (TPSA) is 66.5 Å².